The van der Waals surface area contributed by atoms with Crippen molar-refractivity contribution in [1.29, 1.82) is 0 Å². The summed E-state index contributed by atoms with van der Waals surface area (Å²) < 4.78 is 5.75. The number of carbonyl (C=O) groups excluding carboxylic acids is 1. The van der Waals surface area contributed by atoms with E-state index < -0.39 is 0 Å². The second kappa shape index (κ2) is 8.69. The average molecular weight is 422 g/mol. The Hall–Kier alpha value is -2.15. The van der Waals surface area contributed by atoms with Crippen LogP contribution in [0.25, 0.3) is 0 Å². The van der Waals surface area contributed by atoms with Gasteiger partial charge in [-0.1, -0.05) is 49.2 Å². The highest BCUT2D eigenvalue weighted by molar-refractivity contribution is 7.09. The summed E-state index contributed by atoms with van der Waals surface area (Å²) >= 11 is 13.5. The average Bonchev–Trinajstić information content (AvgIpc) is 3.07. The van der Waals surface area contributed by atoms with Gasteiger partial charge >= 0.3 is 0 Å². The van der Waals surface area contributed by atoms with Gasteiger partial charge in [-0.3, -0.25) is 4.79 Å². The van der Waals surface area contributed by atoms with Crippen molar-refractivity contribution in [3.05, 3.63) is 62.7 Å². The number of anilines is 1. The number of hydrogen-bond acceptors (Lipinski definition) is 5. The lowest BCUT2D eigenvalue weighted by atomic mass is 10.2. The monoisotopic (exact) mass is 421 g/mol. The minimum absolute atomic E-state index is 0.179. The fraction of sp³-hybridized carbons (Fsp3) is 0.211. The Morgan fingerprint density at radius 2 is 2.07 bits per heavy atom. The quantitative estimate of drug-likeness (QED) is 0.534. The van der Waals surface area contributed by atoms with E-state index in [2.05, 4.69) is 29.1 Å². The number of benzene rings is 1. The van der Waals surface area contributed by atoms with Gasteiger partial charge < -0.3 is 10.1 Å². The van der Waals surface area contributed by atoms with Crippen LogP contribution < -0.4 is 10.1 Å². The van der Waals surface area contributed by atoms with Crippen LogP contribution in [0.1, 0.15) is 30.5 Å². The Bertz CT molecular complexity index is 960. The molecule has 1 aromatic carbocycles. The molecule has 0 spiro atoms. The third-order valence-electron chi connectivity index (χ3n) is 3.55. The van der Waals surface area contributed by atoms with Crippen molar-refractivity contribution in [3.63, 3.8) is 0 Å². The normalized spacial score (nSPS) is 10.9. The lowest BCUT2D eigenvalue weighted by molar-refractivity contribution is -0.115. The van der Waals surface area contributed by atoms with Crippen LogP contribution in [0, 0.1) is 0 Å². The van der Waals surface area contributed by atoms with Gasteiger partial charge in [0.25, 0.3) is 0 Å². The van der Waals surface area contributed by atoms with Crippen LogP contribution >= 0.6 is 34.5 Å². The number of pyridine rings is 1. The Morgan fingerprint density at radius 1 is 1.30 bits per heavy atom. The van der Waals surface area contributed by atoms with E-state index in [9.17, 15) is 4.79 Å². The summed E-state index contributed by atoms with van der Waals surface area (Å²) in [6.07, 6.45) is 1.63. The predicted molar refractivity (Wildman–Crippen MR) is 109 cm³/mol. The number of amides is 1. The van der Waals surface area contributed by atoms with Gasteiger partial charge in [0.15, 0.2) is 5.75 Å². The summed E-state index contributed by atoms with van der Waals surface area (Å²) in [6, 6.07) is 8.62. The molecule has 5 nitrogen and oxygen atoms in total. The number of hydrogen-bond donors (Lipinski definition) is 1. The summed E-state index contributed by atoms with van der Waals surface area (Å²) in [5.41, 5.74) is 1.27. The molecule has 0 bridgehead atoms. The van der Waals surface area contributed by atoms with E-state index in [0.717, 1.165) is 10.7 Å². The first kappa shape index (κ1) is 19.6. The maximum atomic E-state index is 12.4. The Kier molecular flexibility index (Phi) is 6.31. The van der Waals surface area contributed by atoms with E-state index in [1.165, 1.54) is 6.20 Å². The van der Waals surface area contributed by atoms with E-state index in [4.69, 9.17) is 27.9 Å². The number of nitrogens with one attached hydrogen (secondary N) is 1. The van der Waals surface area contributed by atoms with Gasteiger partial charge in [-0.25, -0.2) is 9.97 Å². The summed E-state index contributed by atoms with van der Waals surface area (Å²) in [7, 11) is 0. The van der Waals surface area contributed by atoms with Crippen LogP contribution in [0.2, 0.25) is 10.0 Å². The highest BCUT2D eigenvalue weighted by Gasteiger charge is 2.14. The summed E-state index contributed by atoms with van der Waals surface area (Å²) in [5, 5.41) is 6.48. The first-order chi connectivity index (χ1) is 12.9. The highest BCUT2D eigenvalue weighted by atomic mass is 35.5. The molecule has 0 unspecified atom stereocenters. The van der Waals surface area contributed by atoms with Crippen LogP contribution in [0.3, 0.4) is 0 Å². The zero-order valence-electron chi connectivity index (χ0n) is 14.7. The van der Waals surface area contributed by atoms with Crippen LogP contribution in [-0.4, -0.2) is 15.9 Å². The summed E-state index contributed by atoms with van der Waals surface area (Å²) in [5.74, 6) is 0.812. The topological polar surface area (TPSA) is 64.1 Å². The lowest BCUT2D eigenvalue weighted by Crippen LogP contribution is -2.15. The van der Waals surface area contributed by atoms with Gasteiger partial charge in [0, 0.05) is 17.5 Å². The lowest BCUT2D eigenvalue weighted by Gasteiger charge is -2.12. The Morgan fingerprint density at radius 3 is 2.78 bits per heavy atom. The molecule has 0 atom stereocenters. The fourth-order valence-corrected chi connectivity index (χ4v) is 3.52. The molecule has 2 aromatic heterocycles. The number of aromatic nitrogens is 2. The van der Waals surface area contributed by atoms with E-state index in [1.54, 1.807) is 41.7 Å². The van der Waals surface area contributed by atoms with Gasteiger partial charge in [0.2, 0.25) is 11.8 Å². The summed E-state index contributed by atoms with van der Waals surface area (Å²) in [6.45, 7) is 4.15. The molecule has 3 aromatic rings. The maximum Gasteiger partial charge on any atom is 0.238 e. The molecule has 0 aliphatic heterocycles. The van der Waals surface area contributed by atoms with Gasteiger partial charge in [-0.15, -0.1) is 11.3 Å². The van der Waals surface area contributed by atoms with Crippen molar-refractivity contribution < 1.29 is 9.53 Å². The van der Waals surface area contributed by atoms with E-state index in [0.29, 0.717) is 22.4 Å². The SMILES string of the molecule is CC(C)c1nc(CC(=O)Nc2ccccc2Oc2ncc(Cl)cc2Cl)cs1. The van der Waals surface area contributed by atoms with Crippen LogP contribution in [0.15, 0.2) is 41.9 Å². The zero-order valence-corrected chi connectivity index (χ0v) is 17.0. The van der Waals surface area contributed by atoms with Crippen LogP contribution in [0.4, 0.5) is 5.69 Å². The van der Waals surface area contributed by atoms with Gasteiger partial charge in [0.05, 0.1) is 27.8 Å². The predicted octanol–water partition coefficient (Wildman–Crippen LogP) is 5.94. The molecule has 8 heteroatoms. The largest absolute Gasteiger partial charge is 0.435 e. The Balaban J connectivity index is 1.72. The first-order valence-electron chi connectivity index (χ1n) is 8.24. The minimum Gasteiger partial charge on any atom is -0.435 e. The van der Waals surface area contributed by atoms with Crippen molar-refractivity contribution in [2.24, 2.45) is 0 Å². The third kappa shape index (κ3) is 5.19. The molecule has 0 aliphatic rings. The highest BCUT2D eigenvalue weighted by Crippen LogP contribution is 2.33. The molecular formula is C19H17Cl2N3O2S. The molecule has 0 saturated carbocycles. The van der Waals surface area contributed by atoms with Crippen molar-refractivity contribution in [1.82, 2.24) is 9.97 Å². The molecule has 1 N–H and O–H groups in total. The molecule has 1 amide bonds. The maximum absolute atomic E-state index is 12.4. The van der Waals surface area contributed by atoms with Crippen molar-refractivity contribution in [3.8, 4) is 11.6 Å². The minimum atomic E-state index is -0.179. The number of thiazole rings is 1. The summed E-state index contributed by atoms with van der Waals surface area (Å²) in [4.78, 5) is 21.0. The number of halogens is 2. The fourth-order valence-electron chi connectivity index (χ4n) is 2.27. The second-order valence-corrected chi connectivity index (χ2v) is 7.83. The van der Waals surface area contributed by atoms with Gasteiger partial charge in [0.1, 0.15) is 5.02 Å². The number of carbonyl (C=O) groups is 1. The number of rotatable bonds is 6. The van der Waals surface area contributed by atoms with Crippen molar-refractivity contribution in [2.45, 2.75) is 26.2 Å². The smallest absolute Gasteiger partial charge is 0.238 e. The molecule has 0 fully saturated rings. The standard InChI is InChI=1S/C19H17Cl2N3O2S/c1-11(2)19-23-13(10-27-19)8-17(25)24-15-5-3-4-6-16(15)26-18-14(21)7-12(20)9-22-18/h3-7,9-11H,8H2,1-2H3,(H,24,25). The molecule has 3 rings (SSSR count). The second-order valence-electron chi connectivity index (χ2n) is 6.10. The molecule has 27 heavy (non-hydrogen) atoms. The van der Waals surface area contributed by atoms with Crippen LogP contribution in [-0.2, 0) is 11.2 Å². The number of ether oxygens (including phenoxy) is 1. The molecule has 0 aliphatic carbocycles. The molecule has 2 heterocycles. The number of para-hydroxylation sites is 2. The Labute approximate surface area is 171 Å². The first-order valence-corrected chi connectivity index (χ1v) is 9.88. The molecular weight excluding hydrogens is 405 g/mol. The third-order valence-corrected chi connectivity index (χ3v) is 5.22. The van der Waals surface area contributed by atoms with Gasteiger partial charge in [-0.2, -0.15) is 0 Å². The van der Waals surface area contributed by atoms with E-state index in [-0.39, 0.29) is 23.2 Å². The van der Waals surface area contributed by atoms with Gasteiger partial charge in [-0.05, 0) is 18.2 Å². The molecule has 140 valence electrons. The van der Waals surface area contributed by atoms with Crippen molar-refractivity contribution >= 4 is 46.1 Å². The molecule has 0 saturated heterocycles. The van der Waals surface area contributed by atoms with E-state index in [1.807, 2.05) is 5.38 Å². The number of nitrogens with zero attached hydrogens (tertiary/aromatic N) is 2. The van der Waals surface area contributed by atoms with Crippen LogP contribution in [0.5, 0.6) is 11.6 Å². The van der Waals surface area contributed by atoms with E-state index >= 15 is 0 Å². The zero-order chi connectivity index (χ0) is 19.4. The van der Waals surface area contributed by atoms with Crippen molar-refractivity contribution in [2.75, 3.05) is 5.32 Å². The molecule has 0 radical (unpaired) electrons.